The van der Waals surface area contributed by atoms with Gasteiger partial charge in [-0.15, -0.1) is 11.8 Å². The second kappa shape index (κ2) is 5.03. The van der Waals surface area contributed by atoms with E-state index in [1.54, 1.807) is 23.5 Å². The minimum atomic E-state index is -0.980. The molecule has 0 aromatic heterocycles. The largest absolute Gasteiger partial charge is 0.477 e. The van der Waals surface area contributed by atoms with Crippen molar-refractivity contribution in [1.82, 2.24) is 10.2 Å². The first-order chi connectivity index (χ1) is 9.13. The van der Waals surface area contributed by atoms with E-state index in [0.717, 1.165) is 30.2 Å². The number of β-lactam (4-membered cyclic amide) rings is 1. The molecule has 0 spiro atoms. The lowest BCUT2D eigenvalue weighted by Gasteiger charge is -2.41. The molecule has 2 N–H and O–H groups in total. The molecule has 0 aliphatic carbocycles. The summed E-state index contributed by atoms with van der Waals surface area (Å²) in [6.45, 7) is 3.88. The normalized spacial score (nSPS) is 33.6. The third-order valence-corrected chi connectivity index (χ3v) is 6.66. The summed E-state index contributed by atoms with van der Waals surface area (Å²) in [5.41, 5.74) is 0.210. The van der Waals surface area contributed by atoms with Crippen molar-refractivity contribution in [2.24, 2.45) is 5.92 Å². The van der Waals surface area contributed by atoms with E-state index < -0.39 is 5.97 Å². The van der Waals surface area contributed by atoms with Crippen molar-refractivity contribution in [3.8, 4) is 0 Å². The average molecular weight is 300 g/mol. The number of carbonyl (C=O) groups excluding carboxylic acids is 1. The predicted molar refractivity (Wildman–Crippen MR) is 75.5 cm³/mol. The molecule has 0 aromatic carbocycles. The fourth-order valence-electron chi connectivity index (χ4n) is 2.69. The summed E-state index contributed by atoms with van der Waals surface area (Å²) in [7, 11) is 0. The lowest BCUT2D eigenvalue weighted by atomic mass is 9.95. The summed E-state index contributed by atoms with van der Waals surface area (Å²) in [4.78, 5) is 24.9. The number of carbonyl (C=O) groups is 2. The highest BCUT2D eigenvalue weighted by molar-refractivity contribution is 8.23. The van der Waals surface area contributed by atoms with E-state index in [2.05, 4.69) is 5.32 Å². The van der Waals surface area contributed by atoms with Crippen molar-refractivity contribution in [3.63, 3.8) is 0 Å². The molecule has 3 aliphatic rings. The lowest BCUT2D eigenvalue weighted by Crippen LogP contribution is -2.56. The van der Waals surface area contributed by atoms with Crippen molar-refractivity contribution >= 4 is 35.4 Å². The Morgan fingerprint density at radius 2 is 2.42 bits per heavy atom. The standard InChI is InChI=1S/C12H16N2O3S2/c1-2-7-9(15)14-8(11(16)17)12(19-10(7)14)18-6-3-4-13-5-6/h6-7,10,13H,2-5H2,1H3,(H,16,17)/t6?,7?,10-/m1/s1. The van der Waals surface area contributed by atoms with Crippen molar-refractivity contribution < 1.29 is 14.7 Å². The van der Waals surface area contributed by atoms with Gasteiger partial charge in [-0.25, -0.2) is 4.79 Å². The number of hydrogen-bond donors (Lipinski definition) is 2. The maximum absolute atomic E-state index is 12.0. The molecule has 0 aromatic rings. The van der Waals surface area contributed by atoms with Crippen LogP contribution in [-0.4, -0.2) is 45.6 Å². The van der Waals surface area contributed by atoms with Crippen LogP contribution in [0.2, 0.25) is 0 Å². The quantitative estimate of drug-likeness (QED) is 0.762. The number of carboxylic acid groups (broad SMARTS) is 1. The molecular weight excluding hydrogens is 284 g/mol. The molecule has 2 saturated heterocycles. The first-order valence-electron chi connectivity index (χ1n) is 6.48. The number of nitrogens with zero attached hydrogens (tertiary/aromatic N) is 1. The van der Waals surface area contributed by atoms with Crippen LogP contribution in [0.15, 0.2) is 9.93 Å². The van der Waals surface area contributed by atoms with Crippen LogP contribution in [0.5, 0.6) is 0 Å². The van der Waals surface area contributed by atoms with Gasteiger partial charge in [0.05, 0.1) is 15.5 Å². The van der Waals surface area contributed by atoms with Gasteiger partial charge in [0, 0.05) is 11.8 Å². The van der Waals surface area contributed by atoms with Crippen LogP contribution in [0.25, 0.3) is 0 Å². The maximum Gasteiger partial charge on any atom is 0.354 e. The highest BCUT2D eigenvalue weighted by atomic mass is 32.2. The molecule has 2 unspecified atom stereocenters. The lowest BCUT2D eigenvalue weighted by molar-refractivity contribution is -0.151. The Morgan fingerprint density at radius 3 is 3.00 bits per heavy atom. The van der Waals surface area contributed by atoms with Crippen molar-refractivity contribution in [1.29, 1.82) is 0 Å². The molecular formula is C12H16N2O3S2. The molecule has 1 amide bonds. The summed E-state index contributed by atoms with van der Waals surface area (Å²) in [6, 6.07) is 0. The molecule has 0 bridgehead atoms. The fraction of sp³-hybridized carbons (Fsp3) is 0.667. The van der Waals surface area contributed by atoms with Gasteiger partial charge in [-0.1, -0.05) is 18.7 Å². The van der Waals surface area contributed by atoms with Crippen molar-refractivity contribution in [2.75, 3.05) is 13.1 Å². The fourth-order valence-corrected chi connectivity index (χ4v) is 5.96. The first kappa shape index (κ1) is 13.3. The number of hydrogen-bond acceptors (Lipinski definition) is 5. The van der Waals surface area contributed by atoms with Gasteiger partial charge in [0.15, 0.2) is 5.70 Å². The van der Waals surface area contributed by atoms with E-state index in [4.69, 9.17) is 0 Å². The van der Waals surface area contributed by atoms with Crippen LogP contribution in [0, 0.1) is 5.92 Å². The van der Waals surface area contributed by atoms with Gasteiger partial charge in [-0.2, -0.15) is 0 Å². The summed E-state index contributed by atoms with van der Waals surface area (Å²) >= 11 is 3.18. The van der Waals surface area contributed by atoms with Gasteiger partial charge in [0.2, 0.25) is 5.91 Å². The van der Waals surface area contributed by atoms with Crippen molar-refractivity contribution in [2.45, 2.75) is 30.4 Å². The van der Waals surface area contributed by atoms with Crippen molar-refractivity contribution in [3.05, 3.63) is 9.93 Å². The first-order valence-corrected chi connectivity index (χ1v) is 8.24. The molecule has 104 valence electrons. The Balaban J connectivity index is 1.81. The van der Waals surface area contributed by atoms with E-state index in [0.29, 0.717) is 5.25 Å². The zero-order chi connectivity index (χ0) is 13.6. The summed E-state index contributed by atoms with van der Waals surface area (Å²) in [6.07, 6.45) is 1.83. The van der Waals surface area contributed by atoms with Gasteiger partial charge < -0.3 is 10.4 Å². The number of aliphatic carboxylic acids is 1. The molecule has 3 atom stereocenters. The second-order valence-electron chi connectivity index (χ2n) is 4.91. The van der Waals surface area contributed by atoms with Crippen LogP contribution >= 0.6 is 23.5 Å². The Bertz CT molecular complexity index is 460. The molecule has 5 nitrogen and oxygen atoms in total. The molecule has 2 fully saturated rings. The third-order valence-electron chi connectivity index (χ3n) is 3.75. The van der Waals surface area contributed by atoms with Crippen LogP contribution < -0.4 is 5.32 Å². The molecule has 7 heteroatoms. The minimum absolute atomic E-state index is 0.0143. The number of nitrogens with one attached hydrogen (secondary N) is 1. The van der Waals surface area contributed by atoms with E-state index >= 15 is 0 Å². The van der Waals surface area contributed by atoms with Gasteiger partial charge >= 0.3 is 5.97 Å². The molecule has 0 saturated carbocycles. The third kappa shape index (κ3) is 2.08. The van der Waals surface area contributed by atoms with Crippen LogP contribution in [0.1, 0.15) is 19.8 Å². The van der Waals surface area contributed by atoms with Gasteiger partial charge in [-0.05, 0) is 19.4 Å². The zero-order valence-corrected chi connectivity index (χ0v) is 12.2. The predicted octanol–water partition coefficient (Wildman–Crippen LogP) is 1.28. The van der Waals surface area contributed by atoms with Crippen LogP contribution in [0.3, 0.4) is 0 Å². The number of amides is 1. The maximum atomic E-state index is 12.0. The highest BCUT2D eigenvalue weighted by Gasteiger charge is 2.55. The van der Waals surface area contributed by atoms with Gasteiger partial charge in [0.1, 0.15) is 0 Å². The Labute approximate surface area is 120 Å². The van der Waals surface area contributed by atoms with Crippen LogP contribution in [-0.2, 0) is 9.59 Å². The molecule has 3 rings (SSSR count). The second-order valence-corrected chi connectivity index (χ2v) is 7.60. The number of rotatable bonds is 4. The van der Waals surface area contributed by atoms with Crippen LogP contribution in [0.4, 0.5) is 0 Å². The van der Waals surface area contributed by atoms with E-state index in [9.17, 15) is 14.7 Å². The minimum Gasteiger partial charge on any atom is -0.477 e. The highest BCUT2D eigenvalue weighted by Crippen LogP contribution is 2.54. The van der Waals surface area contributed by atoms with E-state index in [1.807, 2.05) is 6.92 Å². The van der Waals surface area contributed by atoms with E-state index in [-0.39, 0.29) is 22.9 Å². The number of fused-ring (bicyclic) bond motifs is 1. The SMILES string of the molecule is CCC1C(=O)N2C(C(=O)O)=C(SC3CCNC3)S[C@H]12. The topological polar surface area (TPSA) is 69.6 Å². The Hall–Kier alpha value is -0.660. The van der Waals surface area contributed by atoms with Gasteiger partial charge in [-0.3, -0.25) is 9.69 Å². The Morgan fingerprint density at radius 1 is 1.63 bits per heavy atom. The molecule has 3 aliphatic heterocycles. The summed E-state index contributed by atoms with van der Waals surface area (Å²) in [5.74, 6) is -1.02. The molecule has 0 radical (unpaired) electrons. The monoisotopic (exact) mass is 300 g/mol. The smallest absolute Gasteiger partial charge is 0.354 e. The van der Waals surface area contributed by atoms with Gasteiger partial charge in [0.25, 0.3) is 0 Å². The summed E-state index contributed by atoms with van der Waals surface area (Å²) in [5, 5.41) is 13.1. The Kier molecular flexibility index (Phi) is 3.53. The molecule has 3 heterocycles. The number of carboxylic acids is 1. The number of thioether (sulfide) groups is 2. The summed E-state index contributed by atoms with van der Waals surface area (Å²) < 4.78 is 0.815. The van der Waals surface area contributed by atoms with E-state index in [1.165, 1.54) is 4.90 Å². The average Bonchev–Trinajstić information content (AvgIpc) is 2.96. The zero-order valence-electron chi connectivity index (χ0n) is 10.6. The molecule has 19 heavy (non-hydrogen) atoms.